The molecule has 0 saturated carbocycles. The number of ether oxygens (including phenoxy) is 1. The molecule has 2 aliphatic rings. The lowest BCUT2D eigenvalue weighted by molar-refractivity contribution is 0.415. The molecule has 244 valence electrons. The van der Waals surface area contributed by atoms with Crippen molar-refractivity contribution in [2.45, 2.75) is 0 Å². The lowest BCUT2D eigenvalue weighted by Crippen LogP contribution is -1.90. The molecule has 0 aliphatic carbocycles. The molecular weight excluding hydrogens is 692 g/mol. The molecule has 2 aliphatic heterocycles. The monoisotopic (exact) mass is 722 g/mol. The van der Waals surface area contributed by atoms with Gasteiger partial charge in [0, 0.05) is 54.4 Å². The number of hydrogen-bond acceptors (Lipinski definition) is 3. The average Bonchev–Trinajstić information content (AvgIpc) is 4.01. The topological polar surface area (TPSA) is 66.6 Å². The molecule has 51 heavy (non-hydrogen) atoms. The lowest BCUT2D eigenvalue weighted by atomic mass is 10.0. The Hall–Kier alpha value is -6.24. The van der Waals surface area contributed by atoms with Crippen LogP contribution in [0.25, 0.3) is 90.9 Å². The number of benzene rings is 4. The van der Waals surface area contributed by atoms with Crippen LogP contribution in [0, 0.1) is 0 Å². The Bertz CT molecular complexity index is 2630. The zero-order valence-electron chi connectivity index (χ0n) is 27.7. The van der Waals surface area contributed by atoms with E-state index in [0.29, 0.717) is 0 Å². The van der Waals surface area contributed by atoms with Gasteiger partial charge in [0.1, 0.15) is 5.75 Å². The minimum atomic E-state index is 0.801. The van der Waals surface area contributed by atoms with Crippen LogP contribution in [-0.4, -0.2) is 27.0 Å². The number of aromatic nitrogens is 4. The van der Waals surface area contributed by atoms with E-state index in [-0.39, 0.29) is 0 Å². The van der Waals surface area contributed by atoms with Crippen molar-refractivity contribution in [1.29, 1.82) is 0 Å². The third-order valence-corrected chi connectivity index (χ3v) is 10.1. The second-order valence-electron chi connectivity index (χ2n) is 12.4. The zero-order chi connectivity index (χ0) is 34.3. The maximum Gasteiger partial charge on any atom is 0.118 e. The van der Waals surface area contributed by atoms with E-state index in [1.807, 2.05) is 30.3 Å². The number of fused-ring (bicyclic) bond motifs is 8. The highest BCUT2D eigenvalue weighted by molar-refractivity contribution is 9.10. The highest BCUT2D eigenvalue weighted by atomic mass is 79.9. The van der Waals surface area contributed by atoms with E-state index in [2.05, 4.69) is 153 Å². The molecule has 0 amide bonds. The first-order valence-electron chi connectivity index (χ1n) is 16.8. The first-order chi connectivity index (χ1) is 25.1. The van der Waals surface area contributed by atoms with Crippen LogP contribution in [0.3, 0.4) is 0 Å². The summed E-state index contributed by atoms with van der Waals surface area (Å²) in [7, 11) is 1.69. The van der Waals surface area contributed by atoms with Gasteiger partial charge in [0.2, 0.25) is 0 Å². The van der Waals surface area contributed by atoms with Crippen molar-refractivity contribution in [3.05, 3.63) is 161 Å². The van der Waals surface area contributed by atoms with Crippen LogP contribution >= 0.6 is 15.9 Å². The summed E-state index contributed by atoms with van der Waals surface area (Å²) in [5.74, 6) is 0.801. The molecule has 7 aromatic rings. The standard InChI is InChI=1S/C45H31BrN4O/c1-51-31-18-16-30(17-19-31)44-38-22-20-34(47-38)42(28-10-4-2-5-11-28)36-24-26-40(49-36)45(32-14-8-9-15-33(32)46)41-27-25-37(50-41)43(29-12-6-3-7-13-29)35-21-23-39(44)48-35/h2-27,47,50H,1H3. The number of H-pyrrole nitrogens is 2. The number of hydrogen-bond donors (Lipinski definition) is 2. The van der Waals surface area contributed by atoms with Crippen LogP contribution < -0.4 is 4.74 Å². The van der Waals surface area contributed by atoms with E-state index in [4.69, 9.17) is 14.7 Å². The van der Waals surface area contributed by atoms with Crippen LogP contribution in [0.4, 0.5) is 0 Å². The summed E-state index contributed by atoms with van der Waals surface area (Å²) in [5.41, 5.74) is 15.6. The fourth-order valence-corrected chi connectivity index (χ4v) is 7.51. The van der Waals surface area contributed by atoms with Gasteiger partial charge in [-0.2, -0.15) is 0 Å². The summed E-state index contributed by atoms with van der Waals surface area (Å²) >= 11 is 3.85. The van der Waals surface area contributed by atoms with Crippen LogP contribution in [0.15, 0.2) is 138 Å². The number of aromatic amines is 2. The van der Waals surface area contributed by atoms with Gasteiger partial charge in [-0.25, -0.2) is 9.97 Å². The third-order valence-electron chi connectivity index (χ3n) is 9.40. The molecule has 9 rings (SSSR count). The van der Waals surface area contributed by atoms with Gasteiger partial charge in [-0.15, -0.1) is 0 Å². The van der Waals surface area contributed by atoms with E-state index >= 15 is 0 Å². The van der Waals surface area contributed by atoms with Gasteiger partial charge in [-0.05, 0) is 83.5 Å². The normalized spacial score (nSPS) is 12.0. The highest BCUT2D eigenvalue weighted by Gasteiger charge is 2.19. The summed E-state index contributed by atoms with van der Waals surface area (Å²) in [4.78, 5) is 18.3. The predicted octanol–water partition coefficient (Wildman–Crippen LogP) is 12.1. The van der Waals surface area contributed by atoms with Gasteiger partial charge in [-0.1, -0.05) is 107 Å². The van der Waals surface area contributed by atoms with Crippen molar-refractivity contribution in [2.75, 3.05) is 7.11 Å². The Balaban J connectivity index is 1.47. The Kier molecular flexibility index (Phi) is 7.79. The average molecular weight is 724 g/mol. The minimum absolute atomic E-state index is 0.801. The molecule has 0 spiro atoms. The fourth-order valence-electron chi connectivity index (χ4n) is 7.03. The van der Waals surface area contributed by atoms with Crippen molar-refractivity contribution in [3.8, 4) is 50.3 Å². The van der Waals surface area contributed by atoms with E-state index < -0.39 is 0 Å². The Morgan fingerprint density at radius 3 is 1.27 bits per heavy atom. The summed E-state index contributed by atoms with van der Waals surface area (Å²) in [6.07, 6.45) is 8.48. The molecule has 0 saturated heterocycles. The zero-order valence-corrected chi connectivity index (χ0v) is 29.3. The van der Waals surface area contributed by atoms with Crippen LogP contribution in [0.2, 0.25) is 0 Å². The second-order valence-corrected chi connectivity index (χ2v) is 13.3. The molecule has 0 atom stereocenters. The van der Waals surface area contributed by atoms with Gasteiger partial charge < -0.3 is 14.7 Å². The second kappa shape index (κ2) is 12.9. The molecule has 8 bridgehead atoms. The molecule has 0 unspecified atom stereocenters. The molecule has 3 aromatic heterocycles. The van der Waals surface area contributed by atoms with Crippen molar-refractivity contribution in [2.24, 2.45) is 0 Å². The minimum Gasteiger partial charge on any atom is -0.497 e. The molecule has 2 N–H and O–H groups in total. The van der Waals surface area contributed by atoms with E-state index in [9.17, 15) is 0 Å². The number of methoxy groups -OCH3 is 1. The van der Waals surface area contributed by atoms with Crippen molar-refractivity contribution >= 4 is 62.3 Å². The van der Waals surface area contributed by atoms with E-state index in [1.54, 1.807) is 7.11 Å². The van der Waals surface area contributed by atoms with Gasteiger partial charge in [0.25, 0.3) is 0 Å². The number of nitrogens with zero attached hydrogens (tertiary/aromatic N) is 2. The van der Waals surface area contributed by atoms with Crippen molar-refractivity contribution in [1.82, 2.24) is 19.9 Å². The van der Waals surface area contributed by atoms with Gasteiger partial charge in [0.15, 0.2) is 0 Å². The third kappa shape index (κ3) is 5.60. The van der Waals surface area contributed by atoms with Crippen LogP contribution in [0.1, 0.15) is 22.8 Å². The van der Waals surface area contributed by atoms with E-state index in [1.165, 1.54) is 0 Å². The maximum atomic E-state index is 5.51. The first-order valence-corrected chi connectivity index (χ1v) is 17.6. The predicted molar refractivity (Wildman–Crippen MR) is 215 cm³/mol. The van der Waals surface area contributed by atoms with Gasteiger partial charge in [0.05, 0.1) is 29.9 Å². The SMILES string of the molecule is COc1ccc(-c2c3nc(c(-c4ccccc4)c4ccc([nH]4)c(-c4ccccc4Br)c4nc(c(-c5ccccc5)c5ccc2[nH]5)C=C4)C=C3)cc1. The smallest absolute Gasteiger partial charge is 0.118 e. The molecule has 0 radical (unpaired) electrons. The van der Waals surface area contributed by atoms with Crippen molar-refractivity contribution in [3.63, 3.8) is 0 Å². The molecule has 0 fully saturated rings. The van der Waals surface area contributed by atoms with Crippen molar-refractivity contribution < 1.29 is 4.74 Å². The number of halogens is 1. The summed E-state index contributed by atoms with van der Waals surface area (Å²) in [5, 5.41) is 0. The van der Waals surface area contributed by atoms with Crippen LogP contribution in [0.5, 0.6) is 5.75 Å². The molecule has 5 nitrogen and oxygen atoms in total. The first kappa shape index (κ1) is 30.8. The van der Waals surface area contributed by atoms with E-state index in [0.717, 1.165) is 99.6 Å². The molecule has 4 aromatic carbocycles. The maximum absolute atomic E-state index is 5.51. The highest BCUT2D eigenvalue weighted by Crippen LogP contribution is 2.39. The van der Waals surface area contributed by atoms with Gasteiger partial charge in [-0.3, -0.25) is 0 Å². The molecular formula is C45H31BrN4O. The van der Waals surface area contributed by atoms with Crippen LogP contribution in [-0.2, 0) is 0 Å². The Labute approximate surface area is 303 Å². The fraction of sp³-hybridized carbons (Fsp3) is 0.0222. The lowest BCUT2D eigenvalue weighted by Gasteiger charge is -2.08. The molecule has 6 heteroatoms. The summed E-state index contributed by atoms with van der Waals surface area (Å²) in [6.45, 7) is 0. The molecule has 5 heterocycles. The Morgan fingerprint density at radius 2 is 0.824 bits per heavy atom. The summed E-state index contributed by atoms with van der Waals surface area (Å²) < 4.78 is 6.51. The summed E-state index contributed by atoms with van der Waals surface area (Å²) in [6, 6.07) is 46.0. The Morgan fingerprint density at radius 1 is 0.431 bits per heavy atom. The van der Waals surface area contributed by atoms with Gasteiger partial charge >= 0.3 is 0 Å². The quantitative estimate of drug-likeness (QED) is 0.186. The number of nitrogens with one attached hydrogen (secondary N) is 2. The number of rotatable bonds is 5. The largest absolute Gasteiger partial charge is 0.497 e.